The Bertz CT molecular complexity index is 890. The molecule has 0 aliphatic carbocycles. The molecule has 2 N–H and O–H groups in total. The van der Waals surface area contributed by atoms with Crippen LogP contribution in [0, 0.1) is 0 Å². The first-order chi connectivity index (χ1) is 10.1. The number of para-hydroxylation sites is 2. The van der Waals surface area contributed by atoms with E-state index in [0.29, 0.717) is 16.7 Å². The Labute approximate surface area is 120 Å². The van der Waals surface area contributed by atoms with Crippen LogP contribution in [0.3, 0.4) is 0 Å². The molecule has 0 saturated heterocycles. The third kappa shape index (κ3) is 2.03. The third-order valence-corrected chi connectivity index (χ3v) is 3.55. The van der Waals surface area contributed by atoms with Crippen molar-refractivity contribution in [1.82, 2.24) is 9.55 Å². The number of H-pyrrole nitrogens is 1. The quantitative estimate of drug-likeness (QED) is 0.775. The number of aromatic nitrogens is 2. The van der Waals surface area contributed by atoms with E-state index in [1.807, 2.05) is 31.2 Å². The Morgan fingerprint density at radius 3 is 2.67 bits per heavy atom. The van der Waals surface area contributed by atoms with Gasteiger partial charge in [-0.3, -0.25) is 4.57 Å². The molecule has 1 aromatic heterocycles. The van der Waals surface area contributed by atoms with Crippen molar-refractivity contribution >= 4 is 17.0 Å². The topological polar surface area (TPSA) is 75.1 Å². The van der Waals surface area contributed by atoms with E-state index in [1.165, 1.54) is 10.6 Å². The van der Waals surface area contributed by atoms with Crippen molar-refractivity contribution in [2.24, 2.45) is 0 Å². The SMILES string of the molecule is CCc1ccccc1-n1c(=O)[nH]c2cccc(C(=O)O)c21. The van der Waals surface area contributed by atoms with Crippen LogP contribution in [0.1, 0.15) is 22.8 Å². The lowest BCUT2D eigenvalue weighted by molar-refractivity contribution is 0.0698. The fourth-order valence-electron chi connectivity index (χ4n) is 2.59. The molecule has 3 rings (SSSR count). The maximum Gasteiger partial charge on any atom is 0.337 e. The summed E-state index contributed by atoms with van der Waals surface area (Å²) in [7, 11) is 0. The van der Waals surface area contributed by atoms with Gasteiger partial charge in [0.1, 0.15) is 0 Å². The maximum atomic E-state index is 12.3. The molecule has 0 spiro atoms. The van der Waals surface area contributed by atoms with Crippen LogP contribution in [0.15, 0.2) is 47.3 Å². The average molecular weight is 282 g/mol. The van der Waals surface area contributed by atoms with Crippen molar-refractivity contribution < 1.29 is 9.90 Å². The van der Waals surface area contributed by atoms with Crippen molar-refractivity contribution in [2.45, 2.75) is 13.3 Å². The lowest BCUT2D eigenvalue weighted by Crippen LogP contribution is -2.17. The predicted octanol–water partition coefficient (Wildman–Crippen LogP) is 2.58. The fraction of sp³-hybridized carbons (Fsp3) is 0.125. The zero-order chi connectivity index (χ0) is 15.0. The molecule has 21 heavy (non-hydrogen) atoms. The van der Waals surface area contributed by atoms with Gasteiger partial charge in [0.15, 0.2) is 0 Å². The molecular weight excluding hydrogens is 268 g/mol. The summed E-state index contributed by atoms with van der Waals surface area (Å²) in [6, 6.07) is 12.3. The van der Waals surface area contributed by atoms with Gasteiger partial charge in [0, 0.05) is 0 Å². The molecule has 106 valence electrons. The molecule has 0 bridgehead atoms. The minimum absolute atomic E-state index is 0.108. The Morgan fingerprint density at radius 2 is 1.95 bits per heavy atom. The van der Waals surface area contributed by atoms with Crippen LogP contribution >= 0.6 is 0 Å². The standard InChI is InChI=1S/C16H14N2O3/c1-2-10-6-3-4-9-13(10)18-14-11(15(19)20)7-5-8-12(14)17-16(18)21/h3-9H,2H2,1H3,(H,17,21)(H,19,20). The van der Waals surface area contributed by atoms with E-state index in [4.69, 9.17) is 0 Å². The normalized spacial score (nSPS) is 10.9. The first-order valence-electron chi connectivity index (χ1n) is 6.68. The molecule has 0 saturated carbocycles. The van der Waals surface area contributed by atoms with Gasteiger partial charge in [0.05, 0.1) is 22.3 Å². The molecule has 1 heterocycles. The lowest BCUT2D eigenvalue weighted by atomic mass is 10.1. The number of hydrogen-bond donors (Lipinski definition) is 2. The Morgan fingerprint density at radius 1 is 1.19 bits per heavy atom. The summed E-state index contributed by atoms with van der Waals surface area (Å²) in [5, 5.41) is 9.36. The van der Waals surface area contributed by atoms with E-state index < -0.39 is 5.97 Å². The molecule has 2 aromatic carbocycles. The molecule has 0 aliphatic rings. The summed E-state index contributed by atoms with van der Waals surface area (Å²) < 4.78 is 1.44. The van der Waals surface area contributed by atoms with Gasteiger partial charge in [-0.15, -0.1) is 0 Å². The number of rotatable bonds is 3. The molecule has 0 fully saturated rings. The second kappa shape index (κ2) is 4.94. The van der Waals surface area contributed by atoms with E-state index in [9.17, 15) is 14.7 Å². The number of nitrogens with zero attached hydrogens (tertiary/aromatic N) is 1. The van der Waals surface area contributed by atoms with Gasteiger partial charge in [-0.25, -0.2) is 9.59 Å². The monoisotopic (exact) mass is 282 g/mol. The fourth-order valence-corrected chi connectivity index (χ4v) is 2.59. The highest BCUT2D eigenvalue weighted by molar-refractivity contribution is 6.01. The van der Waals surface area contributed by atoms with Crippen LogP contribution in [-0.2, 0) is 6.42 Å². The minimum Gasteiger partial charge on any atom is -0.478 e. The molecule has 0 unspecified atom stereocenters. The highest BCUT2D eigenvalue weighted by Crippen LogP contribution is 2.22. The van der Waals surface area contributed by atoms with Gasteiger partial charge in [0.2, 0.25) is 0 Å². The molecular formula is C16H14N2O3. The minimum atomic E-state index is -1.05. The number of nitrogens with one attached hydrogen (secondary N) is 1. The van der Waals surface area contributed by atoms with E-state index in [2.05, 4.69) is 4.98 Å². The highest BCUT2D eigenvalue weighted by atomic mass is 16.4. The van der Waals surface area contributed by atoms with Crippen molar-refractivity contribution in [3.8, 4) is 5.69 Å². The second-order valence-electron chi connectivity index (χ2n) is 4.75. The number of carbonyl (C=O) groups is 1. The molecule has 3 aromatic rings. The number of carboxylic acid groups (broad SMARTS) is 1. The van der Waals surface area contributed by atoms with E-state index in [0.717, 1.165) is 12.0 Å². The van der Waals surface area contributed by atoms with Gasteiger partial charge < -0.3 is 10.1 Å². The van der Waals surface area contributed by atoms with Crippen LogP contribution in [-0.4, -0.2) is 20.6 Å². The summed E-state index contributed by atoms with van der Waals surface area (Å²) >= 11 is 0. The maximum absolute atomic E-state index is 12.3. The largest absolute Gasteiger partial charge is 0.478 e. The number of imidazole rings is 1. The Kier molecular flexibility index (Phi) is 3.10. The van der Waals surface area contributed by atoms with E-state index in [-0.39, 0.29) is 11.3 Å². The predicted molar refractivity (Wildman–Crippen MR) is 80.2 cm³/mol. The van der Waals surface area contributed by atoms with Crippen LogP contribution in [0.25, 0.3) is 16.7 Å². The number of hydrogen-bond acceptors (Lipinski definition) is 2. The zero-order valence-corrected chi connectivity index (χ0v) is 11.5. The molecule has 0 aliphatic heterocycles. The van der Waals surface area contributed by atoms with Crippen LogP contribution in [0.4, 0.5) is 0 Å². The smallest absolute Gasteiger partial charge is 0.337 e. The molecule has 0 amide bonds. The van der Waals surface area contributed by atoms with Crippen LogP contribution in [0.5, 0.6) is 0 Å². The van der Waals surface area contributed by atoms with Gasteiger partial charge in [0.25, 0.3) is 0 Å². The van der Waals surface area contributed by atoms with Gasteiger partial charge in [-0.05, 0) is 30.2 Å². The Hall–Kier alpha value is -2.82. The number of fused-ring (bicyclic) bond motifs is 1. The lowest BCUT2D eigenvalue weighted by Gasteiger charge is -2.10. The molecule has 5 nitrogen and oxygen atoms in total. The second-order valence-corrected chi connectivity index (χ2v) is 4.75. The summed E-state index contributed by atoms with van der Waals surface area (Å²) in [5.74, 6) is -1.05. The molecule has 5 heteroatoms. The third-order valence-electron chi connectivity index (χ3n) is 3.55. The highest BCUT2D eigenvalue weighted by Gasteiger charge is 2.17. The summed E-state index contributed by atoms with van der Waals surface area (Å²) in [6.07, 6.45) is 0.754. The number of aromatic amines is 1. The first kappa shape index (κ1) is 13.2. The summed E-state index contributed by atoms with van der Waals surface area (Å²) in [6.45, 7) is 2.00. The Balaban J connectivity index is 2.45. The number of aromatic carboxylic acids is 1. The van der Waals surface area contributed by atoms with Gasteiger partial charge >= 0.3 is 11.7 Å². The van der Waals surface area contributed by atoms with Crippen LogP contribution in [0.2, 0.25) is 0 Å². The van der Waals surface area contributed by atoms with Crippen molar-refractivity contribution in [2.75, 3.05) is 0 Å². The molecule has 0 radical (unpaired) electrons. The summed E-state index contributed by atoms with van der Waals surface area (Å²) in [5.41, 5.74) is 2.39. The van der Waals surface area contributed by atoms with Crippen molar-refractivity contribution in [1.29, 1.82) is 0 Å². The number of benzene rings is 2. The number of aryl methyl sites for hydroxylation is 1. The first-order valence-corrected chi connectivity index (χ1v) is 6.68. The van der Waals surface area contributed by atoms with Crippen LogP contribution < -0.4 is 5.69 Å². The van der Waals surface area contributed by atoms with Gasteiger partial charge in [-0.2, -0.15) is 0 Å². The molecule has 0 atom stereocenters. The van der Waals surface area contributed by atoms with Crippen molar-refractivity contribution in [3.05, 3.63) is 64.1 Å². The number of carboxylic acids is 1. The van der Waals surface area contributed by atoms with E-state index >= 15 is 0 Å². The average Bonchev–Trinajstić information content (AvgIpc) is 2.82. The van der Waals surface area contributed by atoms with Crippen molar-refractivity contribution in [3.63, 3.8) is 0 Å². The summed E-state index contributed by atoms with van der Waals surface area (Å²) in [4.78, 5) is 26.4. The zero-order valence-electron chi connectivity index (χ0n) is 11.5. The van der Waals surface area contributed by atoms with E-state index in [1.54, 1.807) is 12.1 Å². The van der Waals surface area contributed by atoms with Gasteiger partial charge in [-0.1, -0.05) is 31.2 Å².